The third kappa shape index (κ3) is 1.96. The predicted octanol–water partition coefficient (Wildman–Crippen LogP) is 1.98. The monoisotopic (exact) mass is 247 g/mol. The maximum absolute atomic E-state index is 11.8. The van der Waals surface area contributed by atoms with Crippen LogP contribution in [0.25, 0.3) is 0 Å². The molecule has 2 aliphatic carbocycles. The van der Waals surface area contributed by atoms with Gasteiger partial charge in [-0.05, 0) is 43.1 Å². The second-order valence-electron chi connectivity index (χ2n) is 5.65. The number of nitrogens with zero attached hydrogens (tertiary/aromatic N) is 1. The maximum Gasteiger partial charge on any atom is 0.337 e. The summed E-state index contributed by atoms with van der Waals surface area (Å²) in [6.07, 6.45) is 6.61. The standard InChI is InChI=1S/C14H17NO3/c16-13-4-3-11(14(17)18)7-15(13)8-12-6-9-1-2-10(12)5-9/h3-4,7,9-10,12H,1-2,5-6,8H2,(H,17,18). The van der Waals surface area contributed by atoms with Crippen LogP contribution in [-0.2, 0) is 6.54 Å². The highest BCUT2D eigenvalue weighted by Crippen LogP contribution is 2.48. The lowest BCUT2D eigenvalue weighted by Crippen LogP contribution is -2.26. The molecule has 4 nitrogen and oxygen atoms in total. The molecule has 2 saturated carbocycles. The van der Waals surface area contributed by atoms with Gasteiger partial charge in [0.15, 0.2) is 0 Å². The van der Waals surface area contributed by atoms with Crippen LogP contribution in [0.2, 0.25) is 0 Å². The molecule has 1 aromatic rings. The van der Waals surface area contributed by atoms with E-state index in [0.29, 0.717) is 12.5 Å². The van der Waals surface area contributed by atoms with Crippen LogP contribution < -0.4 is 5.56 Å². The van der Waals surface area contributed by atoms with Crippen LogP contribution in [0.1, 0.15) is 36.0 Å². The van der Waals surface area contributed by atoms with Crippen LogP contribution in [0, 0.1) is 17.8 Å². The number of carboxylic acids is 1. The molecule has 0 spiro atoms. The Morgan fingerprint density at radius 2 is 2.17 bits per heavy atom. The second-order valence-corrected chi connectivity index (χ2v) is 5.65. The fraction of sp³-hybridized carbons (Fsp3) is 0.571. The van der Waals surface area contributed by atoms with Crippen LogP contribution in [0.5, 0.6) is 0 Å². The van der Waals surface area contributed by atoms with Gasteiger partial charge in [0.2, 0.25) is 0 Å². The molecular weight excluding hydrogens is 230 g/mol. The second kappa shape index (κ2) is 4.26. The summed E-state index contributed by atoms with van der Waals surface area (Å²) in [5.74, 6) is 1.18. The molecule has 3 rings (SSSR count). The van der Waals surface area contributed by atoms with Crippen molar-refractivity contribution in [1.29, 1.82) is 0 Å². The van der Waals surface area contributed by atoms with Crippen molar-refractivity contribution in [1.82, 2.24) is 4.57 Å². The van der Waals surface area contributed by atoms with Crippen LogP contribution >= 0.6 is 0 Å². The molecule has 3 atom stereocenters. The van der Waals surface area contributed by atoms with E-state index in [4.69, 9.17) is 5.11 Å². The predicted molar refractivity (Wildman–Crippen MR) is 66.6 cm³/mol. The zero-order valence-electron chi connectivity index (χ0n) is 10.2. The third-order valence-electron chi connectivity index (χ3n) is 4.55. The minimum Gasteiger partial charge on any atom is -0.478 e. The van der Waals surface area contributed by atoms with Crippen molar-refractivity contribution < 1.29 is 9.90 Å². The molecule has 0 amide bonds. The van der Waals surface area contributed by atoms with E-state index >= 15 is 0 Å². The van der Waals surface area contributed by atoms with Gasteiger partial charge >= 0.3 is 5.97 Å². The highest BCUT2D eigenvalue weighted by atomic mass is 16.4. The third-order valence-corrected chi connectivity index (χ3v) is 4.55. The van der Waals surface area contributed by atoms with Crippen molar-refractivity contribution in [2.75, 3.05) is 0 Å². The molecule has 1 aromatic heterocycles. The van der Waals surface area contributed by atoms with Crippen molar-refractivity contribution in [3.63, 3.8) is 0 Å². The van der Waals surface area contributed by atoms with Gasteiger partial charge in [-0.1, -0.05) is 6.42 Å². The van der Waals surface area contributed by atoms with E-state index in [9.17, 15) is 9.59 Å². The molecule has 0 saturated heterocycles. The van der Waals surface area contributed by atoms with Crippen LogP contribution in [0.4, 0.5) is 0 Å². The van der Waals surface area contributed by atoms with Gasteiger partial charge in [0.25, 0.3) is 5.56 Å². The van der Waals surface area contributed by atoms with Gasteiger partial charge in [-0.2, -0.15) is 0 Å². The molecule has 2 aliphatic rings. The molecule has 0 aliphatic heterocycles. The smallest absolute Gasteiger partial charge is 0.337 e. The zero-order chi connectivity index (χ0) is 12.7. The van der Waals surface area contributed by atoms with Crippen molar-refractivity contribution in [3.8, 4) is 0 Å². The summed E-state index contributed by atoms with van der Waals surface area (Å²) in [6.45, 7) is 0.682. The Labute approximate surface area is 105 Å². The number of carboxylic acid groups (broad SMARTS) is 1. The number of aromatic nitrogens is 1. The lowest BCUT2D eigenvalue weighted by atomic mass is 9.89. The molecule has 1 heterocycles. The summed E-state index contributed by atoms with van der Waals surface area (Å²) in [4.78, 5) is 22.7. The van der Waals surface area contributed by atoms with E-state index < -0.39 is 5.97 Å². The van der Waals surface area contributed by atoms with E-state index in [1.807, 2.05) is 0 Å². The number of hydrogen-bond acceptors (Lipinski definition) is 2. The van der Waals surface area contributed by atoms with Crippen LogP contribution in [0.3, 0.4) is 0 Å². The normalized spacial score (nSPS) is 29.7. The molecule has 4 heteroatoms. The SMILES string of the molecule is O=C(O)c1ccc(=O)n(CC2CC3CCC2C3)c1. The Balaban J connectivity index is 1.82. The number of fused-ring (bicyclic) bond motifs is 2. The van der Waals surface area contributed by atoms with Crippen LogP contribution in [-0.4, -0.2) is 15.6 Å². The number of aromatic carboxylic acids is 1. The first-order valence-corrected chi connectivity index (χ1v) is 6.57. The zero-order valence-corrected chi connectivity index (χ0v) is 10.2. The van der Waals surface area contributed by atoms with E-state index in [1.165, 1.54) is 44.0 Å². The largest absolute Gasteiger partial charge is 0.478 e. The molecule has 18 heavy (non-hydrogen) atoms. The van der Waals surface area contributed by atoms with Crippen molar-refractivity contribution in [3.05, 3.63) is 34.2 Å². The Hall–Kier alpha value is -1.58. The minimum absolute atomic E-state index is 0.0947. The summed E-state index contributed by atoms with van der Waals surface area (Å²) in [7, 11) is 0. The summed E-state index contributed by atoms with van der Waals surface area (Å²) < 4.78 is 1.58. The average Bonchev–Trinajstić information content (AvgIpc) is 2.93. The van der Waals surface area contributed by atoms with Gasteiger partial charge in [0.05, 0.1) is 5.56 Å². The maximum atomic E-state index is 11.8. The topological polar surface area (TPSA) is 59.3 Å². The first-order chi connectivity index (χ1) is 8.63. The van der Waals surface area contributed by atoms with Gasteiger partial charge < -0.3 is 9.67 Å². The van der Waals surface area contributed by atoms with Gasteiger partial charge in [0.1, 0.15) is 0 Å². The minimum atomic E-state index is -0.975. The summed E-state index contributed by atoms with van der Waals surface area (Å²) in [5.41, 5.74) is 0.0977. The van der Waals surface area contributed by atoms with Gasteiger partial charge in [-0.3, -0.25) is 4.79 Å². The lowest BCUT2D eigenvalue weighted by molar-refractivity contribution is 0.0695. The summed E-state index contributed by atoms with van der Waals surface area (Å²) >= 11 is 0. The first-order valence-electron chi connectivity index (χ1n) is 6.57. The molecule has 3 unspecified atom stereocenters. The van der Waals surface area contributed by atoms with E-state index in [-0.39, 0.29) is 11.1 Å². The Kier molecular flexibility index (Phi) is 2.73. The number of carbonyl (C=O) groups is 1. The number of pyridine rings is 1. The molecule has 96 valence electrons. The molecule has 2 bridgehead atoms. The molecular formula is C14H17NO3. The number of hydrogen-bond donors (Lipinski definition) is 1. The Bertz CT molecular complexity index is 534. The summed E-state index contributed by atoms with van der Waals surface area (Å²) in [5, 5.41) is 8.95. The number of rotatable bonds is 3. The van der Waals surface area contributed by atoms with Gasteiger partial charge in [-0.25, -0.2) is 4.79 Å². The first kappa shape index (κ1) is 11.5. The summed E-state index contributed by atoms with van der Waals surface area (Å²) in [6, 6.07) is 2.73. The molecule has 2 fully saturated rings. The highest BCUT2D eigenvalue weighted by Gasteiger charge is 2.39. The fourth-order valence-electron chi connectivity index (χ4n) is 3.65. The van der Waals surface area contributed by atoms with E-state index in [1.54, 1.807) is 4.57 Å². The van der Waals surface area contributed by atoms with Gasteiger partial charge in [0, 0.05) is 18.8 Å². The van der Waals surface area contributed by atoms with Crippen LogP contribution in [0.15, 0.2) is 23.1 Å². The lowest BCUT2D eigenvalue weighted by Gasteiger charge is -2.22. The van der Waals surface area contributed by atoms with Crippen molar-refractivity contribution >= 4 is 5.97 Å². The molecule has 0 aromatic carbocycles. The van der Waals surface area contributed by atoms with E-state index in [0.717, 1.165) is 11.8 Å². The Morgan fingerprint density at radius 1 is 1.33 bits per heavy atom. The highest BCUT2D eigenvalue weighted by molar-refractivity contribution is 5.87. The average molecular weight is 247 g/mol. The van der Waals surface area contributed by atoms with Crippen molar-refractivity contribution in [2.24, 2.45) is 17.8 Å². The molecule has 1 N–H and O–H groups in total. The Morgan fingerprint density at radius 3 is 2.78 bits per heavy atom. The fourth-order valence-corrected chi connectivity index (χ4v) is 3.65. The van der Waals surface area contributed by atoms with Gasteiger partial charge in [-0.15, -0.1) is 0 Å². The van der Waals surface area contributed by atoms with Crippen molar-refractivity contribution in [2.45, 2.75) is 32.2 Å². The molecule has 0 radical (unpaired) electrons. The van der Waals surface area contributed by atoms with E-state index in [2.05, 4.69) is 0 Å². The quantitative estimate of drug-likeness (QED) is 0.888.